The maximum absolute atomic E-state index is 14.3. The van der Waals surface area contributed by atoms with Crippen molar-refractivity contribution in [2.45, 2.75) is 12.6 Å². The highest BCUT2D eigenvalue weighted by Gasteiger charge is 2.23. The number of benzene rings is 1. The molecule has 1 aliphatic heterocycles. The zero-order valence-electron chi connectivity index (χ0n) is 11.0. The average Bonchev–Trinajstić information content (AvgIpc) is 2.49. The third kappa shape index (κ3) is 3.06. The molecule has 1 aromatic carbocycles. The van der Waals surface area contributed by atoms with Gasteiger partial charge in [-0.3, -0.25) is 4.90 Å². The number of halogens is 1. The van der Waals surface area contributed by atoms with Crippen LogP contribution < -0.4 is 5.73 Å². The van der Waals surface area contributed by atoms with Crippen LogP contribution in [-0.2, 0) is 11.3 Å². The second-order valence-corrected chi connectivity index (χ2v) is 4.65. The lowest BCUT2D eigenvalue weighted by atomic mass is 10.1. The highest BCUT2D eigenvalue weighted by atomic mass is 19.1. The van der Waals surface area contributed by atoms with Crippen molar-refractivity contribution >= 4 is 5.84 Å². The number of oxime groups is 1. The Morgan fingerprint density at radius 1 is 1.55 bits per heavy atom. The fraction of sp³-hybridized carbons (Fsp3) is 0.462. The Labute approximate surface area is 116 Å². The number of rotatable bonds is 4. The first kappa shape index (κ1) is 14.7. The van der Waals surface area contributed by atoms with E-state index >= 15 is 0 Å². The van der Waals surface area contributed by atoms with Crippen molar-refractivity contribution in [3.63, 3.8) is 0 Å². The van der Waals surface area contributed by atoms with Crippen molar-refractivity contribution in [2.24, 2.45) is 10.9 Å². The second kappa shape index (κ2) is 6.65. The molecule has 4 N–H and O–H groups in total. The molecule has 7 heteroatoms. The predicted octanol–water partition coefficient (Wildman–Crippen LogP) is 0.113. The molecule has 0 spiro atoms. The lowest BCUT2D eigenvalue weighted by molar-refractivity contribution is -0.0316. The van der Waals surface area contributed by atoms with E-state index in [9.17, 15) is 9.50 Å². The number of nitrogens with two attached hydrogens (primary N) is 1. The van der Waals surface area contributed by atoms with Crippen LogP contribution in [0.4, 0.5) is 4.39 Å². The first-order chi connectivity index (χ1) is 9.67. The molecular formula is C13H18FN3O3. The molecule has 1 aromatic rings. The highest BCUT2D eigenvalue weighted by Crippen LogP contribution is 2.17. The number of amidine groups is 1. The molecule has 20 heavy (non-hydrogen) atoms. The summed E-state index contributed by atoms with van der Waals surface area (Å²) in [6, 6.07) is 4.61. The van der Waals surface area contributed by atoms with E-state index in [1.807, 2.05) is 4.90 Å². The van der Waals surface area contributed by atoms with E-state index in [1.165, 1.54) is 6.07 Å². The zero-order chi connectivity index (χ0) is 14.5. The van der Waals surface area contributed by atoms with Gasteiger partial charge in [0, 0.05) is 18.7 Å². The molecule has 1 aliphatic rings. The molecule has 0 saturated carbocycles. The molecule has 1 atom stereocenters. The molecule has 0 radical (unpaired) electrons. The van der Waals surface area contributed by atoms with E-state index in [-0.39, 0.29) is 24.0 Å². The van der Waals surface area contributed by atoms with Gasteiger partial charge in [-0.05, 0) is 6.07 Å². The molecule has 0 bridgehead atoms. The van der Waals surface area contributed by atoms with Crippen LogP contribution in [0.5, 0.6) is 0 Å². The third-order valence-corrected chi connectivity index (χ3v) is 3.40. The minimum Gasteiger partial charge on any atom is -0.409 e. The monoisotopic (exact) mass is 283 g/mol. The smallest absolute Gasteiger partial charge is 0.173 e. The Hall–Kier alpha value is -1.70. The first-order valence-electron chi connectivity index (χ1n) is 6.35. The quantitative estimate of drug-likeness (QED) is 0.316. The number of aliphatic hydroxyl groups is 1. The maximum atomic E-state index is 14.3. The summed E-state index contributed by atoms with van der Waals surface area (Å²) in [5, 5.41) is 20.8. The molecule has 0 aliphatic carbocycles. The summed E-state index contributed by atoms with van der Waals surface area (Å²) in [5.74, 6) is -0.768. The largest absolute Gasteiger partial charge is 0.409 e. The SMILES string of the molecule is N/C(=N/O)c1cccc(CN2CCOCC2CO)c1F. The van der Waals surface area contributed by atoms with E-state index < -0.39 is 5.82 Å². The second-order valence-electron chi connectivity index (χ2n) is 4.65. The van der Waals surface area contributed by atoms with Crippen LogP contribution in [0, 0.1) is 5.82 Å². The fourth-order valence-corrected chi connectivity index (χ4v) is 2.24. The molecule has 1 fully saturated rings. The van der Waals surface area contributed by atoms with Gasteiger partial charge in [0.2, 0.25) is 0 Å². The van der Waals surface area contributed by atoms with Crippen LogP contribution in [0.15, 0.2) is 23.4 Å². The maximum Gasteiger partial charge on any atom is 0.173 e. The van der Waals surface area contributed by atoms with E-state index in [1.54, 1.807) is 12.1 Å². The fourth-order valence-electron chi connectivity index (χ4n) is 2.24. The van der Waals surface area contributed by atoms with Crippen LogP contribution in [0.25, 0.3) is 0 Å². The van der Waals surface area contributed by atoms with Crippen LogP contribution in [-0.4, -0.2) is 53.5 Å². The zero-order valence-corrected chi connectivity index (χ0v) is 11.0. The van der Waals surface area contributed by atoms with Crippen LogP contribution in [0.2, 0.25) is 0 Å². The number of ether oxygens (including phenoxy) is 1. The minimum absolute atomic E-state index is 0.0401. The van der Waals surface area contributed by atoms with Gasteiger partial charge in [-0.25, -0.2) is 4.39 Å². The number of morpholine rings is 1. The first-order valence-corrected chi connectivity index (χ1v) is 6.35. The number of hydrogen-bond donors (Lipinski definition) is 3. The third-order valence-electron chi connectivity index (χ3n) is 3.40. The summed E-state index contributed by atoms with van der Waals surface area (Å²) in [6.45, 7) is 1.91. The Bertz CT molecular complexity index is 496. The van der Waals surface area contributed by atoms with Gasteiger partial charge < -0.3 is 20.8 Å². The summed E-state index contributed by atoms with van der Waals surface area (Å²) < 4.78 is 19.6. The molecule has 1 heterocycles. The highest BCUT2D eigenvalue weighted by molar-refractivity contribution is 5.97. The van der Waals surface area contributed by atoms with E-state index in [0.29, 0.717) is 31.9 Å². The topological polar surface area (TPSA) is 91.3 Å². The lowest BCUT2D eigenvalue weighted by Gasteiger charge is -2.34. The molecule has 0 aromatic heterocycles. The Morgan fingerprint density at radius 3 is 3.05 bits per heavy atom. The van der Waals surface area contributed by atoms with E-state index in [4.69, 9.17) is 15.7 Å². The number of aliphatic hydroxyl groups excluding tert-OH is 1. The van der Waals surface area contributed by atoms with Crippen molar-refractivity contribution < 1.29 is 19.4 Å². The van der Waals surface area contributed by atoms with Gasteiger partial charge >= 0.3 is 0 Å². The molecule has 1 unspecified atom stereocenters. The standard InChI is InChI=1S/C13H18FN3O3/c14-12-9(2-1-3-11(12)13(15)16-19)6-17-4-5-20-8-10(17)7-18/h1-3,10,18-19H,4-8H2,(H2,15,16). The van der Waals surface area contributed by atoms with E-state index in [0.717, 1.165) is 0 Å². The van der Waals surface area contributed by atoms with Gasteiger partial charge in [-0.2, -0.15) is 0 Å². The number of nitrogens with zero attached hydrogens (tertiary/aromatic N) is 2. The minimum atomic E-state index is -0.508. The normalized spacial score (nSPS) is 21.1. The summed E-state index contributed by atoms with van der Waals surface area (Å²) in [5.41, 5.74) is 5.94. The molecule has 2 rings (SSSR count). The average molecular weight is 283 g/mol. The molecule has 6 nitrogen and oxygen atoms in total. The summed E-state index contributed by atoms with van der Waals surface area (Å²) >= 11 is 0. The van der Waals surface area contributed by atoms with Crippen LogP contribution >= 0.6 is 0 Å². The lowest BCUT2D eigenvalue weighted by Crippen LogP contribution is -2.47. The molecular weight excluding hydrogens is 265 g/mol. The van der Waals surface area contributed by atoms with E-state index in [2.05, 4.69) is 5.16 Å². The summed E-state index contributed by atoms with van der Waals surface area (Å²) in [4.78, 5) is 1.96. The van der Waals surface area contributed by atoms with Gasteiger partial charge in [0.25, 0.3) is 0 Å². The van der Waals surface area contributed by atoms with Crippen molar-refractivity contribution in [3.05, 3.63) is 35.1 Å². The van der Waals surface area contributed by atoms with Gasteiger partial charge in [-0.15, -0.1) is 0 Å². The van der Waals surface area contributed by atoms with Crippen LogP contribution in [0.3, 0.4) is 0 Å². The molecule has 0 amide bonds. The Kier molecular flexibility index (Phi) is 4.89. The van der Waals surface area contributed by atoms with Crippen LogP contribution in [0.1, 0.15) is 11.1 Å². The Balaban J connectivity index is 2.21. The van der Waals surface area contributed by atoms with Gasteiger partial charge in [0.05, 0.1) is 31.4 Å². The summed E-state index contributed by atoms with van der Waals surface area (Å²) in [6.07, 6.45) is 0. The predicted molar refractivity (Wildman–Crippen MR) is 71.0 cm³/mol. The van der Waals surface area contributed by atoms with Crippen molar-refractivity contribution in [3.8, 4) is 0 Å². The van der Waals surface area contributed by atoms with Crippen molar-refractivity contribution in [1.82, 2.24) is 4.90 Å². The molecule has 110 valence electrons. The van der Waals surface area contributed by atoms with Gasteiger partial charge in [0.1, 0.15) is 5.82 Å². The molecule has 1 saturated heterocycles. The van der Waals surface area contributed by atoms with Gasteiger partial charge in [-0.1, -0.05) is 17.3 Å². The van der Waals surface area contributed by atoms with Crippen molar-refractivity contribution in [1.29, 1.82) is 0 Å². The Morgan fingerprint density at radius 2 is 2.35 bits per heavy atom. The summed E-state index contributed by atoms with van der Waals surface area (Å²) in [7, 11) is 0. The number of hydrogen-bond acceptors (Lipinski definition) is 5. The van der Waals surface area contributed by atoms with Crippen molar-refractivity contribution in [2.75, 3.05) is 26.4 Å². The van der Waals surface area contributed by atoms with Gasteiger partial charge in [0.15, 0.2) is 5.84 Å².